The molecule has 0 unspecified atom stereocenters. The molecule has 0 spiro atoms. The predicted octanol–water partition coefficient (Wildman–Crippen LogP) is 1.93. The first-order valence-electron chi connectivity index (χ1n) is 3.38. The molecule has 0 saturated heterocycles. The van der Waals surface area contributed by atoms with Crippen LogP contribution < -0.4 is 5.73 Å². The minimum atomic E-state index is -0.157. The molecule has 1 aromatic carbocycles. The highest BCUT2D eigenvalue weighted by Gasteiger charge is 2.00. The number of nitrogens with two attached hydrogens (primary N) is 1. The Morgan fingerprint density at radius 1 is 1.45 bits per heavy atom. The zero-order valence-corrected chi connectivity index (χ0v) is 8.14. The van der Waals surface area contributed by atoms with Crippen molar-refractivity contribution < 1.29 is 4.39 Å². The molecule has 0 bridgehead atoms. The van der Waals surface area contributed by atoms with Crippen molar-refractivity contribution in [2.75, 3.05) is 6.54 Å². The minimum Gasteiger partial charge on any atom is -0.330 e. The van der Waals surface area contributed by atoms with Crippen LogP contribution >= 0.6 is 22.6 Å². The normalized spacial score (nSPS) is 10.1. The van der Waals surface area contributed by atoms with Gasteiger partial charge >= 0.3 is 0 Å². The van der Waals surface area contributed by atoms with Crippen LogP contribution in [0, 0.1) is 9.39 Å². The Balaban J connectivity index is 2.93. The molecule has 11 heavy (non-hydrogen) atoms. The van der Waals surface area contributed by atoms with E-state index in [1.54, 1.807) is 6.07 Å². The topological polar surface area (TPSA) is 26.0 Å². The van der Waals surface area contributed by atoms with E-state index in [-0.39, 0.29) is 5.82 Å². The third-order valence-corrected chi connectivity index (χ3v) is 2.09. The standard InChI is InChI=1S/C8H9FIN/c9-8-2-1-7(10)5-6(8)3-4-11/h1-2,5H,3-4,11H2. The summed E-state index contributed by atoms with van der Waals surface area (Å²) in [6.07, 6.45) is 0.614. The maximum absolute atomic E-state index is 12.9. The van der Waals surface area contributed by atoms with E-state index in [1.807, 2.05) is 6.07 Å². The second-order valence-electron chi connectivity index (χ2n) is 2.27. The maximum atomic E-state index is 12.9. The van der Waals surface area contributed by atoms with E-state index < -0.39 is 0 Å². The average molecular weight is 265 g/mol. The zero-order valence-electron chi connectivity index (χ0n) is 5.98. The molecule has 3 heteroatoms. The number of rotatable bonds is 2. The zero-order chi connectivity index (χ0) is 8.27. The van der Waals surface area contributed by atoms with Crippen molar-refractivity contribution >= 4 is 22.6 Å². The van der Waals surface area contributed by atoms with Gasteiger partial charge in [-0.15, -0.1) is 0 Å². The van der Waals surface area contributed by atoms with Crippen LogP contribution in [0.1, 0.15) is 5.56 Å². The van der Waals surface area contributed by atoms with Crippen molar-refractivity contribution in [3.63, 3.8) is 0 Å². The molecular formula is C8H9FIN. The summed E-state index contributed by atoms with van der Waals surface area (Å²) in [5.41, 5.74) is 6.02. The highest BCUT2D eigenvalue weighted by molar-refractivity contribution is 14.1. The van der Waals surface area contributed by atoms with Crippen LogP contribution in [-0.4, -0.2) is 6.54 Å². The molecule has 0 atom stereocenters. The lowest BCUT2D eigenvalue weighted by Crippen LogP contribution is -2.04. The molecule has 0 fully saturated rings. The third kappa shape index (κ3) is 2.41. The summed E-state index contributed by atoms with van der Waals surface area (Å²) in [5, 5.41) is 0. The summed E-state index contributed by atoms with van der Waals surface area (Å²) in [6.45, 7) is 0.497. The SMILES string of the molecule is NCCc1cc(I)ccc1F. The Morgan fingerprint density at radius 3 is 2.82 bits per heavy atom. The number of hydrogen-bond donors (Lipinski definition) is 1. The first kappa shape index (κ1) is 8.93. The summed E-state index contributed by atoms with van der Waals surface area (Å²) < 4.78 is 13.9. The molecule has 0 saturated carbocycles. The van der Waals surface area contributed by atoms with E-state index in [1.165, 1.54) is 6.07 Å². The van der Waals surface area contributed by atoms with Gasteiger partial charge in [0.25, 0.3) is 0 Å². The highest BCUT2D eigenvalue weighted by Crippen LogP contribution is 2.12. The van der Waals surface area contributed by atoms with Gasteiger partial charge in [0.15, 0.2) is 0 Å². The monoisotopic (exact) mass is 265 g/mol. The Morgan fingerprint density at radius 2 is 2.18 bits per heavy atom. The smallest absolute Gasteiger partial charge is 0.126 e. The Hall–Kier alpha value is -0.160. The van der Waals surface area contributed by atoms with Crippen LogP contribution in [-0.2, 0) is 6.42 Å². The molecule has 0 heterocycles. The number of hydrogen-bond acceptors (Lipinski definition) is 1. The van der Waals surface area contributed by atoms with Crippen LogP contribution in [0.25, 0.3) is 0 Å². The molecule has 1 nitrogen and oxygen atoms in total. The quantitative estimate of drug-likeness (QED) is 0.812. The lowest BCUT2D eigenvalue weighted by atomic mass is 10.1. The maximum Gasteiger partial charge on any atom is 0.126 e. The van der Waals surface area contributed by atoms with Crippen LogP contribution in [0.15, 0.2) is 18.2 Å². The average Bonchev–Trinajstić information content (AvgIpc) is 1.98. The van der Waals surface area contributed by atoms with E-state index in [2.05, 4.69) is 22.6 Å². The molecule has 0 radical (unpaired) electrons. The molecule has 0 aromatic heterocycles. The fraction of sp³-hybridized carbons (Fsp3) is 0.250. The van der Waals surface area contributed by atoms with Gasteiger partial charge < -0.3 is 5.73 Å². The minimum absolute atomic E-state index is 0.157. The van der Waals surface area contributed by atoms with Gasteiger partial charge in [0.2, 0.25) is 0 Å². The van der Waals surface area contributed by atoms with E-state index in [0.717, 1.165) is 3.57 Å². The Bertz CT molecular complexity index is 250. The van der Waals surface area contributed by atoms with Gasteiger partial charge in [-0.2, -0.15) is 0 Å². The van der Waals surface area contributed by atoms with E-state index in [0.29, 0.717) is 18.5 Å². The second-order valence-corrected chi connectivity index (χ2v) is 3.52. The number of halogens is 2. The highest BCUT2D eigenvalue weighted by atomic mass is 127. The van der Waals surface area contributed by atoms with E-state index in [9.17, 15) is 4.39 Å². The largest absolute Gasteiger partial charge is 0.330 e. The van der Waals surface area contributed by atoms with E-state index >= 15 is 0 Å². The van der Waals surface area contributed by atoms with Crippen LogP contribution in [0.2, 0.25) is 0 Å². The molecule has 0 aliphatic heterocycles. The van der Waals surface area contributed by atoms with Crippen molar-refractivity contribution in [1.29, 1.82) is 0 Å². The molecule has 0 aliphatic carbocycles. The molecule has 0 aliphatic rings. The molecular weight excluding hydrogens is 256 g/mol. The lowest BCUT2D eigenvalue weighted by Gasteiger charge is -2.00. The van der Waals surface area contributed by atoms with Crippen molar-refractivity contribution in [3.8, 4) is 0 Å². The summed E-state index contributed by atoms with van der Waals surface area (Å²) in [7, 11) is 0. The van der Waals surface area contributed by atoms with Gasteiger partial charge in [-0.25, -0.2) is 4.39 Å². The van der Waals surface area contributed by atoms with Crippen LogP contribution in [0.4, 0.5) is 4.39 Å². The lowest BCUT2D eigenvalue weighted by molar-refractivity contribution is 0.609. The van der Waals surface area contributed by atoms with Crippen molar-refractivity contribution in [1.82, 2.24) is 0 Å². The molecule has 60 valence electrons. The fourth-order valence-electron chi connectivity index (χ4n) is 0.890. The van der Waals surface area contributed by atoms with Gasteiger partial charge in [0.05, 0.1) is 0 Å². The predicted molar refractivity (Wildman–Crippen MR) is 51.9 cm³/mol. The first-order valence-corrected chi connectivity index (χ1v) is 4.46. The van der Waals surface area contributed by atoms with Crippen molar-refractivity contribution in [2.45, 2.75) is 6.42 Å². The van der Waals surface area contributed by atoms with E-state index in [4.69, 9.17) is 5.73 Å². The molecule has 2 N–H and O–H groups in total. The summed E-state index contributed by atoms with van der Waals surface area (Å²) in [5.74, 6) is -0.157. The Kier molecular flexibility index (Phi) is 3.26. The summed E-state index contributed by atoms with van der Waals surface area (Å²) in [6, 6.07) is 5.05. The van der Waals surface area contributed by atoms with Crippen LogP contribution in [0.5, 0.6) is 0 Å². The Labute approximate surface area is 78.9 Å². The first-order chi connectivity index (χ1) is 5.24. The van der Waals surface area contributed by atoms with Crippen molar-refractivity contribution in [3.05, 3.63) is 33.1 Å². The summed E-state index contributed by atoms with van der Waals surface area (Å²) in [4.78, 5) is 0. The van der Waals surface area contributed by atoms with Crippen LogP contribution in [0.3, 0.4) is 0 Å². The van der Waals surface area contributed by atoms with Gasteiger partial charge in [-0.3, -0.25) is 0 Å². The summed E-state index contributed by atoms with van der Waals surface area (Å²) >= 11 is 2.15. The fourth-order valence-corrected chi connectivity index (χ4v) is 1.45. The molecule has 0 amide bonds. The third-order valence-electron chi connectivity index (χ3n) is 1.42. The molecule has 1 rings (SSSR count). The van der Waals surface area contributed by atoms with Gasteiger partial charge in [-0.1, -0.05) is 0 Å². The second kappa shape index (κ2) is 4.01. The molecule has 1 aromatic rings. The van der Waals surface area contributed by atoms with Gasteiger partial charge in [-0.05, 0) is 59.3 Å². The van der Waals surface area contributed by atoms with Gasteiger partial charge in [0.1, 0.15) is 5.82 Å². The van der Waals surface area contributed by atoms with Gasteiger partial charge in [0, 0.05) is 3.57 Å². The number of benzene rings is 1. The van der Waals surface area contributed by atoms with Crippen molar-refractivity contribution in [2.24, 2.45) is 5.73 Å².